The van der Waals surface area contributed by atoms with Crippen molar-refractivity contribution in [2.45, 2.75) is 6.92 Å². The molecule has 0 atom stereocenters. The average Bonchev–Trinajstić information content (AvgIpc) is 2.39. The highest BCUT2D eigenvalue weighted by Crippen LogP contribution is 2.24. The van der Waals surface area contributed by atoms with Crippen molar-refractivity contribution in [3.05, 3.63) is 65.5 Å². The quantitative estimate of drug-likeness (QED) is 0.843. The fourth-order valence-electron chi connectivity index (χ4n) is 1.80. The molecule has 0 heterocycles. The lowest BCUT2D eigenvalue weighted by atomic mass is 10.0. The second-order valence-corrected chi connectivity index (χ2v) is 4.24. The van der Waals surface area contributed by atoms with Crippen LogP contribution in [0.1, 0.15) is 12.5 Å². The molecule has 0 radical (unpaired) electrons. The molecule has 1 N–H and O–H groups in total. The maximum absolute atomic E-state index is 13.7. The van der Waals surface area contributed by atoms with Crippen LogP contribution >= 0.6 is 0 Å². The zero-order chi connectivity index (χ0) is 13.8. The predicted octanol–water partition coefficient (Wildman–Crippen LogP) is 3.98. The smallest absolute Gasteiger partial charge is 0.331 e. The molecule has 3 heteroatoms. The van der Waals surface area contributed by atoms with Crippen LogP contribution in [-0.2, 0) is 4.79 Å². The molecule has 0 aromatic heterocycles. The van der Waals surface area contributed by atoms with Crippen molar-refractivity contribution >= 4 is 12.0 Å². The minimum Gasteiger partial charge on any atom is -0.478 e. The van der Waals surface area contributed by atoms with Gasteiger partial charge in [0, 0.05) is 11.1 Å². The minimum absolute atomic E-state index is 0.241. The number of carboxylic acid groups (broad SMARTS) is 1. The Morgan fingerprint density at radius 1 is 1.16 bits per heavy atom. The number of aliphatic carboxylic acids is 1. The van der Waals surface area contributed by atoms with E-state index < -0.39 is 5.97 Å². The van der Waals surface area contributed by atoms with Crippen LogP contribution in [0.3, 0.4) is 0 Å². The number of halogens is 1. The van der Waals surface area contributed by atoms with E-state index in [1.165, 1.54) is 13.0 Å². The average molecular weight is 256 g/mol. The van der Waals surface area contributed by atoms with Gasteiger partial charge >= 0.3 is 5.97 Å². The van der Waals surface area contributed by atoms with Crippen molar-refractivity contribution < 1.29 is 14.3 Å². The number of carboxylic acids is 1. The summed E-state index contributed by atoms with van der Waals surface area (Å²) < 4.78 is 13.7. The molecule has 0 fully saturated rings. The standard InChI is InChI=1S/C16H13FO2/c1-11(16(18)19)9-12-5-4-6-13(10-12)14-7-2-3-8-15(14)17/h2-10H,1H3,(H,18,19)/b11-9+. The Balaban J connectivity index is 2.43. The van der Waals surface area contributed by atoms with Crippen LogP contribution in [0.2, 0.25) is 0 Å². The lowest BCUT2D eigenvalue weighted by molar-refractivity contribution is -0.132. The highest BCUT2D eigenvalue weighted by molar-refractivity contribution is 5.91. The Morgan fingerprint density at radius 3 is 2.58 bits per heavy atom. The number of hydrogen-bond acceptors (Lipinski definition) is 1. The molecule has 0 aliphatic rings. The highest BCUT2D eigenvalue weighted by atomic mass is 19.1. The first-order valence-corrected chi connectivity index (χ1v) is 5.84. The van der Waals surface area contributed by atoms with Gasteiger partial charge in [0.25, 0.3) is 0 Å². The van der Waals surface area contributed by atoms with Crippen molar-refractivity contribution in [2.75, 3.05) is 0 Å². The van der Waals surface area contributed by atoms with Crippen LogP contribution in [0.5, 0.6) is 0 Å². The Labute approximate surface area is 110 Å². The predicted molar refractivity (Wildman–Crippen MR) is 73.1 cm³/mol. The van der Waals surface area contributed by atoms with Gasteiger partial charge < -0.3 is 5.11 Å². The molecule has 2 aromatic carbocycles. The van der Waals surface area contributed by atoms with E-state index in [1.807, 2.05) is 0 Å². The molecule has 2 rings (SSSR count). The maximum Gasteiger partial charge on any atom is 0.331 e. The number of benzene rings is 2. The van der Waals surface area contributed by atoms with E-state index in [-0.39, 0.29) is 11.4 Å². The minimum atomic E-state index is -0.962. The lowest BCUT2D eigenvalue weighted by Crippen LogP contribution is -1.95. The van der Waals surface area contributed by atoms with E-state index >= 15 is 0 Å². The highest BCUT2D eigenvalue weighted by Gasteiger charge is 2.05. The number of hydrogen-bond donors (Lipinski definition) is 1. The van der Waals surface area contributed by atoms with E-state index in [4.69, 9.17) is 5.11 Å². The molecule has 19 heavy (non-hydrogen) atoms. The molecule has 0 aliphatic heterocycles. The van der Waals surface area contributed by atoms with Crippen LogP contribution in [0.25, 0.3) is 17.2 Å². The lowest BCUT2D eigenvalue weighted by Gasteiger charge is -2.04. The third-order valence-electron chi connectivity index (χ3n) is 2.79. The summed E-state index contributed by atoms with van der Waals surface area (Å²) in [6.45, 7) is 1.53. The maximum atomic E-state index is 13.7. The molecule has 0 aliphatic carbocycles. The van der Waals surface area contributed by atoms with Gasteiger partial charge in [0.2, 0.25) is 0 Å². The topological polar surface area (TPSA) is 37.3 Å². The van der Waals surface area contributed by atoms with Gasteiger partial charge in [0.1, 0.15) is 5.82 Å². The van der Waals surface area contributed by atoms with E-state index in [0.29, 0.717) is 5.56 Å². The normalized spacial score (nSPS) is 11.4. The molecule has 0 amide bonds. The zero-order valence-corrected chi connectivity index (χ0v) is 10.4. The molecule has 0 unspecified atom stereocenters. The van der Waals surface area contributed by atoms with Gasteiger partial charge in [-0.3, -0.25) is 0 Å². The van der Waals surface area contributed by atoms with Crippen LogP contribution in [0.15, 0.2) is 54.1 Å². The molecule has 0 saturated carbocycles. The first-order chi connectivity index (χ1) is 9.08. The third-order valence-corrected chi connectivity index (χ3v) is 2.79. The molecule has 0 bridgehead atoms. The van der Waals surface area contributed by atoms with Crippen molar-refractivity contribution in [1.29, 1.82) is 0 Å². The van der Waals surface area contributed by atoms with E-state index in [9.17, 15) is 9.18 Å². The van der Waals surface area contributed by atoms with Gasteiger partial charge in [-0.05, 0) is 36.3 Å². The first-order valence-electron chi connectivity index (χ1n) is 5.84. The van der Waals surface area contributed by atoms with E-state index in [0.717, 1.165) is 11.1 Å². The molecule has 2 aromatic rings. The fraction of sp³-hybridized carbons (Fsp3) is 0.0625. The Hall–Kier alpha value is -2.42. The van der Waals surface area contributed by atoms with Crippen LogP contribution in [0, 0.1) is 5.82 Å². The van der Waals surface area contributed by atoms with Gasteiger partial charge in [0.15, 0.2) is 0 Å². The van der Waals surface area contributed by atoms with Crippen LogP contribution in [-0.4, -0.2) is 11.1 Å². The van der Waals surface area contributed by atoms with Crippen LogP contribution in [0.4, 0.5) is 4.39 Å². The second kappa shape index (κ2) is 5.48. The van der Waals surface area contributed by atoms with Crippen molar-refractivity contribution in [2.24, 2.45) is 0 Å². The summed E-state index contributed by atoms with van der Waals surface area (Å²) in [7, 11) is 0. The number of carbonyl (C=O) groups is 1. The Kier molecular flexibility index (Phi) is 3.76. The molecular weight excluding hydrogens is 243 g/mol. The first kappa shape index (κ1) is 13.0. The summed E-state index contributed by atoms with van der Waals surface area (Å²) in [6, 6.07) is 13.6. The van der Waals surface area contributed by atoms with Gasteiger partial charge in [0.05, 0.1) is 0 Å². The number of rotatable bonds is 3. The van der Waals surface area contributed by atoms with E-state index in [1.54, 1.807) is 48.5 Å². The molecular formula is C16H13FO2. The fourth-order valence-corrected chi connectivity index (χ4v) is 1.80. The Morgan fingerprint density at radius 2 is 1.89 bits per heavy atom. The second-order valence-electron chi connectivity index (χ2n) is 4.24. The van der Waals surface area contributed by atoms with Crippen molar-refractivity contribution in [3.63, 3.8) is 0 Å². The third kappa shape index (κ3) is 3.07. The summed E-state index contributed by atoms with van der Waals surface area (Å²) in [5.74, 6) is -1.25. The molecule has 0 saturated heterocycles. The van der Waals surface area contributed by atoms with E-state index in [2.05, 4.69) is 0 Å². The summed E-state index contributed by atoms with van der Waals surface area (Å²) in [6.07, 6.45) is 1.56. The molecule has 96 valence electrons. The van der Waals surface area contributed by atoms with Crippen LogP contribution < -0.4 is 0 Å². The van der Waals surface area contributed by atoms with Gasteiger partial charge in [-0.2, -0.15) is 0 Å². The summed E-state index contributed by atoms with van der Waals surface area (Å²) in [5.41, 5.74) is 2.21. The van der Waals surface area contributed by atoms with Gasteiger partial charge in [-0.25, -0.2) is 9.18 Å². The monoisotopic (exact) mass is 256 g/mol. The van der Waals surface area contributed by atoms with Gasteiger partial charge in [-0.15, -0.1) is 0 Å². The van der Waals surface area contributed by atoms with Crippen molar-refractivity contribution in [3.8, 4) is 11.1 Å². The molecule has 0 spiro atoms. The summed E-state index contributed by atoms with van der Waals surface area (Å²) in [5, 5.41) is 8.85. The SMILES string of the molecule is C/C(=C\c1cccc(-c2ccccc2F)c1)C(=O)O. The Bertz CT molecular complexity index is 645. The van der Waals surface area contributed by atoms with Gasteiger partial charge in [-0.1, -0.05) is 36.4 Å². The summed E-state index contributed by atoms with van der Waals surface area (Å²) in [4.78, 5) is 10.8. The molecule has 2 nitrogen and oxygen atoms in total. The largest absolute Gasteiger partial charge is 0.478 e. The summed E-state index contributed by atoms with van der Waals surface area (Å²) >= 11 is 0. The van der Waals surface area contributed by atoms with Crippen molar-refractivity contribution in [1.82, 2.24) is 0 Å². The zero-order valence-electron chi connectivity index (χ0n) is 10.4.